The van der Waals surface area contributed by atoms with E-state index in [1.807, 2.05) is 13.8 Å². The molecule has 16 bridgehead atoms. The van der Waals surface area contributed by atoms with Crippen LogP contribution in [0.4, 0.5) is 0 Å². The summed E-state index contributed by atoms with van der Waals surface area (Å²) in [6.07, 6.45) is -82.0. The predicted molar refractivity (Wildman–Crippen MR) is 283 cm³/mol. The standard InChI is InChI=1S/C48H80O40.C4H10O/c49-1-9-33-17(57)25(65)41(73-9)82-34-10(2-50)75-43(27(67)19(34)59)84-36-12(4-52)77-45(29(69)21(36)61)86-38-14(6-54)79-47(31(71)23(38)63)88-40-16(8-56)80-48(32(72)24(40)64)87-39-15(7-55)78-46(30(70)22(39)62)85-37-13(5-53)76-44(28(68)20(37)60)83-35-11(3-51)74-42(81-33)26(66)18(35)58;1-3-5-4-2/h9-72H,1-8H2;3-4H2,1-2H3/t9-,10-,11-,12-,13-,14-,15-,16-,17-,18-,19-,20-,21-,22-,23-,24-,25-,26-,27-,28-,29-,30-,31-,32-,33-,34-,35-,36-,37-,38-,39-,40-,41-,42-,43-,44-,45-,46-,47-,48-;/m1./s1. The van der Waals surface area contributed by atoms with Gasteiger partial charge in [0.1, 0.15) is 195 Å². The van der Waals surface area contributed by atoms with E-state index in [-0.39, 0.29) is 0 Å². The molecule has 0 amide bonds. The van der Waals surface area contributed by atoms with Gasteiger partial charge in [0.2, 0.25) is 0 Å². The third-order valence-electron chi connectivity index (χ3n) is 17.3. The summed E-state index contributed by atoms with van der Waals surface area (Å²) in [6.45, 7) is -2.97. The monoisotopic (exact) mass is 1370 g/mol. The van der Waals surface area contributed by atoms with Crippen LogP contribution in [0, 0.1) is 0 Å². The average molecular weight is 1370 g/mol. The summed E-state index contributed by atoms with van der Waals surface area (Å²) < 4.78 is 95.9. The predicted octanol–water partition coefficient (Wildman–Crippen LogP) is -16.4. The van der Waals surface area contributed by atoms with E-state index in [1.54, 1.807) is 0 Å². The zero-order valence-corrected chi connectivity index (χ0v) is 49.8. The molecule has 30 fully saturated rings. The molecule has 0 aromatic rings. The van der Waals surface area contributed by atoms with Gasteiger partial charge in [-0.05, 0) is 13.8 Å². The minimum absolute atomic E-state index is 0.844. The number of ether oxygens (including phenoxy) is 17. The fourth-order valence-electron chi connectivity index (χ4n) is 12.1. The first-order valence-corrected chi connectivity index (χ1v) is 30.1. The van der Waals surface area contributed by atoms with E-state index in [9.17, 15) is 123 Å². The van der Waals surface area contributed by atoms with E-state index < -0.39 is 299 Å². The van der Waals surface area contributed by atoms with Gasteiger partial charge >= 0.3 is 0 Å². The van der Waals surface area contributed by atoms with Gasteiger partial charge in [-0.1, -0.05) is 0 Å². The van der Waals surface area contributed by atoms with Crippen LogP contribution in [0.25, 0.3) is 0 Å². The molecule has 24 N–H and O–H groups in total. The van der Waals surface area contributed by atoms with E-state index in [4.69, 9.17) is 80.5 Å². The van der Waals surface area contributed by atoms with Gasteiger partial charge in [0.15, 0.2) is 50.3 Å². The Balaban J connectivity index is 0.00000214. The quantitative estimate of drug-likeness (QED) is 0.0966. The van der Waals surface area contributed by atoms with Crippen LogP contribution in [0.15, 0.2) is 0 Å². The van der Waals surface area contributed by atoms with Crippen LogP contribution in [-0.4, -0.2) is 434 Å². The normalized spacial score (nSPS) is 52.8. The molecule has 0 saturated carbocycles. The van der Waals surface area contributed by atoms with Crippen LogP contribution < -0.4 is 0 Å². The van der Waals surface area contributed by atoms with E-state index >= 15 is 0 Å². The van der Waals surface area contributed by atoms with Gasteiger partial charge in [0, 0.05) is 13.2 Å². The van der Waals surface area contributed by atoms with Gasteiger partial charge in [-0.15, -0.1) is 0 Å². The van der Waals surface area contributed by atoms with E-state index in [0.717, 1.165) is 13.2 Å². The Hall–Kier alpha value is -1.64. The Morgan fingerprint density at radius 1 is 0.183 bits per heavy atom. The average Bonchev–Trinajstić information content (AvgIpc) is 0.812. The first-order valence-electron chi connectivity index (χ1n) is 30.1. The second kappa shape index (κ2) is 34.1. The molecule has 0 spiro atoms. The van der Waals surface area contributed by atoms with Crippen molar-refractivity contribution in [2.45, 2.75) is 259 Å². The largest absolute Gasteiger partial charge is 0.394 e. The molecule has 30 heterocycles. The lowest BCUT2D eigenvalue weighted by Crippen LogP contribution is -2.69. The molecule has 41 heteroatoms. The fraction of sp³-hybridized carbons (Fsp3) is 1.00. The molecule has 93 heavy (non-hydrogen) atoms. The minimum Gasteiger partial charge on any atom is -0.394 e. The van der Waals surface area contributed by atoms with Gasteiger partial charge in [0.05, 0.1) is 52.9 Å². The summed E-state index contributed by atoms with van der Waals surface area (Å²) in [5, 5.41) is 265. The van der Waals surface area contributed by atoms with Crippen molar-refractivity contribution < 1.29 is 203 Å². The lowest BCUT2D eigenvalue weighted by molar-refractivity contribution is -0.404. The third kappa shape index (κ3) is 16.3. The second-order valence-corrected chi connectivity index (χ2v) is 23.2. The molecule has 30 aliphatic rings. The molecule has 0 aliphatic carbocycles. The van der Waals surface area contributed by atoms with Crippen molar-refractivity contribution in [3.8, 4) is 0 Å². The fourth-order valence-corrected chi connectivity index (χ4v) is 12.1. The van der Waals surface area contributed by atoms with E-state index in [2.05, 4.69) is 0 Å². The Morgan fingerprint density at radius 2 is 0.290 bits per heavy atom. The molecular weight excluding hydrogens is 1280 g/mol. The zero-order chi connectivity index (χ0) is 68.2. The Kier molecular flexibility index (Phi) is 28.3. The lowest BCUT2D eigenvalue weighted by Gasteiger charge is -2.50. The van der Waals surface area contributed by atoms with Crippen LogP contribution in [0.1, 0.15) is 13.8 Å². The van der Waals surface area contributed by atoms with Crippen molar-refractivity contribution >= 4 is 0 Å². The van der Waals surface area contributed by atoms with Gasteiger partial charge in [-0.2, -0.15) is 0 Å². The maximum absolute atomic E-state index is 11.4. The van der Waals surface area contributed by atoms with Crippen LogP contribution in [-0.2, 0) is 80.5 Å². The number of aliphatic hydroxyl groups excluding tert-OH is 24. The van der Waals surface area contributed by atoms with Gasteiger partial charge < -0.3 is 203 Å². The first-order chi connectivity index (χ1) is 44.3. The maximum Gasteiger partial charge on any atom is 0.187 e. The number of hydrogen-bond donors (Lipinski definition) is 24. The molecule has 30 aliphatic heterocycles. The molecule has 0 unspecified atom stereocenters. The first kappa shape index (κ1) is 77.1. The Bertz CT molecular complexity index is 1760. The van der Waals surface area contributed by atoms with Crippen LogP contribution in [0.2, 0.25) is 0 Å². The summed E-state index contributed by atoms with van der Waals surface area (Å²) in [7, 11) is 0. The zero-order valence-electron chi connectivity index (χ0n) is 49.8. The molecular formula is C52H90O41. The summed E-state index contributed by atoms with van der Waals surface area (Å²) >= 11 is 0. The molecule has 41 nitrogen and oxygen atoms in total. The van der Waals surface area contributed by atoms with Crippen molar-refractivity contribution in [3.63, 3.8) is 0 Å². The SMILES string of the molecule is CCOCC.OC[C@H]1O[C@@H]2O[C@H]3[C@H](O)[C@@H](O)[C@@H](O[C@H]4[C@H](O)[C@@H](O)[C@@H](O[C@H]5[C@H](O)[C@@H](O)[C@@H](O[C@H]6[C@H](O)[C@@H](O)[C@@H](O[C@H]7[C@H](O)[C@@H](O)[C@@H](O[C@H]8[C@H](O)[C@@H](O)[C@@H](O[C@H]9[C@H](O)[C@@H](O)[C@@H](O[C@H]1[C@H](O)[C@H]2O)O[C@@H]9CO)O[C@@H]8CO)O[C@@H]7CO)O[C@@H]6CO)O[C@@H]5CO)O[C@@H]4CO)O[C@@H]3CO. The highest BCUT2D eigenvalue weighted by molar-refractivity contribution is 5.02. The van der Waals surface area contributed by atoms with Gasteiger partial charge in [0.25, 0.3) is 0 Å². The van der Waals surface area contributed by atoms with Crippen LogP contribution >= 0.6 is 0 Å². The summed E-state index contributed by atoms with van der Waals surface area (Å²) in [6, 6.07) is 0. The van der Waals surface area contributed by atoms with E-state index in [1.165, 1.54) is 0 Å². The highest BCUT2D eigenvalue weighted by Crippen LogP contribution is 2.40. The Morgan fingerprint density at radius 3 is 0.366 bits per heavy atom. The number of hydrogen-bond acceptors (Lipinski definition) is 41. The molecule has 30 rings (SSSR count). The molecule has 0 radical (unpaired) electrons. The molecule has 30 saturated heterocycles. The summed E-state index contributed by atoms with van der Waals surface area (Å²) in [5.41, 5.74) is 0. The van der Waals surface area contributed by atoms with Crippen LogP contribution in [0.5, 0.6) is 0 Å². The Labute approximate surface area is 527 Å². The molecule has 40 atom stereocenters. The number of rotatable bonds is 10. The van der Waals surface area contributed by atoms with Gasteiger partial charge in [-0.3, -0.25) is 0 Å². The smallest absolute Gasteiger partial charge is 0.187 e. The maximum atomic E-state index is 11.4. The summed E-state index contributed by atoms with van der Waals surface area (Å²) in [4.78, 5) is 0. The third-order valence-corrected chi connectivity index (χ3v) is 17.3. The van der Waals surface area contributed by atoms with Crippen molar-refractivity contribution in [3.05, 3.63) is 0 Å². The summed E-state index contributed by atoms with van der Waals surface area (Å²) in [5.74, 6) is 0. The topological polar surface area (TPSA) is 642 Å². The molecule has 0 aromatic heterocycles. The van der Waals surface area contributed by atoms with Crippen molar-refractivity contribution in [2.24, 2.45) is 0 Å². The molecule has 0 aromatic carbocycles. The minimum atomic E-state index is -2.25. The van der Waals surface area contributed by atoms with E-state index in [0.29, 0.717) is 0 Å². The number of aliphatic hydroxyl groups is 24. The van der Waals surface area contributed by atoms with Crippen molar-refractivity contribution in [1.29, 1.82) is 0 Å². The van der Waals surface area contributed by atoms with Gasteiger partial charge in [-0.25, -0.2) is 0 Å². The molecule has 544 valence electrons. The van der Waals surface area contributed by atoms with Crippen LogP contribution in [0.3, 0.4) is 0 Å². The second-order valence-electron chi connectivity index (χ2n) is 23.2. The van der Waals surface area contributed by atoms with Crippen molar-refractivity contribution in [1.82, 2.24) is 0 Å². The lowest BCUT2D eigenvalue weighted by atomic mass is 9.94. The van der Waals surface area contributed by atoms with Crippen molar-refractivity contribution in [2.75, 3.05) is 66.1 Å². The highest BCUT2D eigenvalue weighted by atomic mass is 16.8. The highest BCUT2D eigenvalue weighted by Gasteiger charge is 2.60.